The molecule has 0 heterocycles. The third-order valence-electron chi connectivity index (χ3n) is 1.84. The molecule has 0 aliphatic rings. The quantitative estimate of drug-likeness (QED) is 0.467. The van der Waals surface area contributed by atoms with Gasteiger partial charge in [0, 0.05) is 6.08 Å². The molecule has 0 spiro atoms. The summed E-state index contributed by atoms with van der Waals surface area (Å²) < 4.78 is 4.14. The predicted octanol–water partition coefficient (Wildman–Crippen LogP) is 3.07. The molecule has 1 aromatic carbocycles. The molecule has 0 aliphatic carbocycles. The van der Waals surface area contributed by atoms with Gasteiger partial charge in [0.05, 0.1) is 15.9 Å². The summed E-state index contributed by atoms with van der Waals surface area (Å²) in [5, 5.41) is 0. The van der Waals surface area contributed by atoms with Gasteiger partial charge in [-0.1, -0.05) is 61.8 Å². The molecule has 0 unspecified atom stereocenters. The van der Waals surface area contributed by atoms with Gasteiger partial charge in [-0.3, -0.25) is 0 Å². The van der Waals surface area contributed by atoms with Crippen LogP contribution in [0.4, 0.5) is 0 Å². The van der Waals surface area contributed by atoms with Crippen LogP contribution in [0.5, 0.6) is 0 Å². The zero-order valence-corrected chi connectivity index (χ0v) is 11.9. The molecule has 0 atom stereocenters. The maximum atomic E-state index is 9.84. The van der Waals surface area contributed by atoms with Gasteiger partial charge < -0.3 is 4.74 Å². The van der Waals surface area contributed by atoms with E-state index in [1.807, 2.05) is 6.07 Å². The van der Waals surface area contributed by atoms with Crippen molar-refractivity contribution >= 4 is 20.8 Å². The van der Waals surface area contributed by atoms with E-state index in [1.54, 1.807) is 0 Å². The van der Waals surface area contributed by atoms with E-state index in [9.17, 15) is 4.79 Å². The molecule has 0 N–H and O–H groups in total. The van der Waals surface area contributed by atoms with E-state index < -0.39 is 14.8 Å². The number of ether oxygens (including phenoxy) is 1. The first-order chi connectivity index (χ1) is 8.10. The van der Waals surface area contributed by atoms with Gasteiger partial charge in [0.1, 0.15) is 0 Å². The molecule has 2 nitrogen and oxygen atoms in total. The number of hydrogen-bond acceptors (Lipinski definition) is 2. The van der Waals surface area contributed by atoms with Crippen molar-refractivity contribution in [2.24, 2.45) is 0 Å². The first-order valence-electron chi connectivity index (χ1n) is 5.53. The predicted molar refractivity (Wildman–Crippen MR) is 76.6 cm³/mol. The van der Waals surface area contributed by atoms with Crippen LogP contribution >= 0.6 is 0 Å². The van der Waals surface area contributed by atoms with Crippen molar-refractivity contribution in [2.75, 3.05) is 7.11 Å². The molecule has 0 aliphatic heterocycles. The van der Waals surface area contributed by atoms with Crippen LogP contribution in [-0.2, 0) is 9.53 Å². The molecule has 0 radical (unpaired) electrons. The summed E-state index contributed by atoms with van der Waals surface area (Å²) in [6.45, 7) is 7.79. The summed E-state index contributed by atoms with van der Waals surface area (Å²) in [6.07, 6.45) is 3.33. The van der Waals surface area contributed by atoms with Gasteiger partial charge in [0.2, 0.25) is 0 Å². The zero-order chi connectivity index (χ0) is 13.1. The highest BCUT2D eigenvalue weighted by Crippen LogP contribution is 2.01. The Kier molecular flexibility index (Phi) is 8.69. The second kappa shape index (κ2) is 9.60. The lowest BCUT2D eigenvalue weighted by Crippen LogP contribution is -1.91. The van der Waals surface area contributed by atoms with Crippen LogP contribution in [0.1, 0.15) is 5.56 Å². The maximum Gasteiger partial charge on any atom is 0.329 e. The van der Waals surface area contributed by atoms with Crippen LogP contribution in [0.2, 0.25) is 13.1 Å². The Labute approximate surface area is 105 Å². The molecule has 0 aromatic heterocycles. The van der Waals surface area contributed by atoms with E-state index >= 15 is 0 Å². The second-order valence-corrected chi connectivity index (χ2v) is 6.61. The SMILES string of the molecule is C=CC(=O)OC.C[SiH](C)C=Cc1ccccc1. The van der Waals surface area contributed by atoms with Crippen molar-refractivity contribution in [3.8, 4) is 0 Å². The van der Waals surface area contributed by atoms with Gasteiger partial charge >= 0.3 is 5.97 Å². The molecule has 17 heavy (non-hydrogen) atoms. The van der Waals surface area contributed by atoms with Gasteiger partial charge in [-0.05, 0) is 5.56 Å². The van der Waals surface area contributed by atoms with Gasteiger partial charge in [0.15, 0.2) is 0 Å². The molecule has 0 fully saturated rings. The van der Waals surface area contributed by atoms with E-state index in [-0.39, 0.29) is 0 Å². The Balaban J connectivity index is 0.000000366. The highest BCUT2D eigenvalue weighted by Gasteiger charge is 1.86. The maximum absolute atomic E-state index is 9.84. The third kappa shape index (κ3) is 9.32. The highest BCUT2D eigenvalue weighted by atomic mass is 28.3. The van der Waals surface area contributed by atoms with Crippen molar-refractivity contribution < 1.29 is 9.53 Å². The minimum Gasteiger partial charge on any atom is -0.466 e. The Morgan fingerprint density at radius 1 is 1.29 bits per heavy atom. The lowest BCUT2D eigenvalue weighted by molar-refractivity contribution is -0.134. The molecular formula is C14H20O2Si. The number of hydrogen-bond donors (Lipinski definition) is 0. The van der Waals surface area contributed by atoms with E-state index in [1.165, 1.54) is 12.7 Å². The Morgan fingerprint density at radius 3 is 2.24 bits per heavy atom. The van der Waals surface area contributed by atoms with E-state index in [0.717, 1.165) is 6.08 Å². The molecule has 0 saturated heterocycles. The minimum atomic E-state index is -0.521. The van der Waals surface area contributed by atoms with Gasteiger partial charge in [-0.15, -0.1) is 0 Å². The molecular weight excluding hydrogens is 228 g/mol. The van der Waals surface area contributed by atoms with Crippen LogP contribution in [0.15, 0.2) is 48.7 Å². The third-order valence-corrected chi connectivity index (χ3v) is 2.80. The van der Waals surface area contributed by atoms with E-state index in [0.29, 0.717) is 0 Å². The van der Waals surface area contributed by atoms with Crippen LogP contribution in [0, 0.1) is 0 Å². The number of carbonyl (C=O) groups excluding carboxylic acids is 1. The van der Waals surface area contributed by atoms with Crippen molar-refractivity contribution in [1.29, 1.82) is 0 Å². The molecule has 92 valence electrons. The number of methoxy groups -OCH3 is 1. The fourth-order valence-electron chi connectivity index (χ4n) is 0.951. The minimum absolute atomic E-state index is 0.394. The standard InChI is InChI=1S/C10H14Si.C4H6O2/c1-11(2)9-8-10-6-4-3-5-7-10;1-3-4(5)6-2/h3-9,11H,1-2H3;3H,1H2,2H3. The lowest BCUT2D eigenvalue weighted by atomic mass is 10.2. The average molecular weight is 248 g/mol. The Morgan fingerprint density at radius 2 is 1.88 bits per heavy atom. The van der Waals surface area contributed by atoms with Crippen LogP contribution in [-0.4, -0.2) is 21.9 Å². The number of benzene rings is 1. The van der Waals surface area contributed by atoms with Crippen LogP contribution < -0.4 is 0 Å². The van der Waals surface area contributed by atoms with Crippen LogP contribution in [0.25, 0.3) is 6.08 Å². The molecule has 0 bridgehead atoms. The van der Waals surface area contributed by atoms with Crippen molar-refractivity contribution in [3.63, 3.8) is 0 Å². The molecule has 1 aromatic rings. The zero-order valence-electron chi connectivity index (χ0n) is 10.7. The lowest BCUT2D eigenvalue weighted by Gasteiger charge is -1.92. The van der Waals surface area contributed by atoms with Gasteiger partial charge in [0.25, 0.3) is 0 Å². The largest absolute Gasteiger partial charge is 0.466 e. The first kappa shape index (κ1) is 15.4. The van der Waals surface area contributed by atoms with E-state index in [2.05, 4.69) is 60.5 Å². The molecule has 0 saturated carbocycles. The first-order valence-corrected chi connectivity index (χ1v) is 8.51. The van der Waals surface area contributed by atoms with Gasteiger partial charge in [-0.25, -0.2) is 4.79 Å². The molecule has 0 amide bonds. The Bertz CT molecular complexity index is 356. The highest BCUT2D eigenvalue weighted by molar-refractivity contribution is 6.62. The van der Waals surface area contributed by atoms with E-state index in [4.69, 9.17) is 0 Å². The summed E-state index contributed by atoms with van der Waals surface area (Å²) >= 11 is 0. The van der Waals surface area contributed by atoms with Crippen molar-refractivity contribution in [2.45, 2.75) is 13.1 Å². The molecule has 1 rings (SSSR count). The monoisotopic (exact) mass is 248 g/mol. The van der Waals surface area contributed by atoms with Crippen LogP contribution in [0.3, 0.4) is 0 Å². The number of rotatable bonds is 3. The fourth-order valence-corrected chi connectivity index (χ4v) is 1.56. The topological polar surface area (TPSA) is 26.3 Å². The summed E-state index contributed by atoms with van der Waals surface area (Å²) in [5.41, 5.74) is 3.66. The van der Waals surface area contributed by atoms with Crippen molar-refractivity contribution in [3.05, 3.63) is 54.2 Å². The Hall–Kier alpha value is -1.61. The summed E-state index contributed by atoms with van der Waals surface area (Å²) in [5.74, 6) is -0.394. The smallest absolute Gasteiger partial charge is 0.329 e. The molecule has 3 heteroatoms. The summed E-state index contributed by atoms with van der Waals surface area (Å²) in [7, 11) is 0.789. The summed E-state index contributed by atoms with van der Waals surface area (Å²) in [4.78, 5) is 9.84. The summed E-state index contributed by atoms with van der Waals surface area (Å²) in [6, 6.07) is 10.5. The van der Waals surface area contributed by atoms with Gasteiger partial charge in [-0.2, -0.15) is 0 Å². The van der Waals surface area contributed by atoms with Crippen molar-refractivity contribution in [1.82, 2.24) is 0 Å². The fraction of sp³-hybridized carbons (Fsp3) is 0.214. The average Bonchev–Trinajstić information content (AvgIpc) is 2.37. The second-order valence-electron chi connectivity index (χ2n) is 3.74. The number of carbonyl (C=O) groups is 1. The normalized spacial score (nSPS) is 9.65. The number of esters is 1.